The van der Waals surface area contributed by atoms with Crippen LogP contribution in [0.2, 0.25) is 0 Å². The lowest BCUT2D eigenvalue weighted by atomic mass is 9.85. The molecule has 108 valence electrons. The van der Waals surface area contributed by atoms with Gasteiger partial charge in [0.15, 0.2) is 0 Å². The van der Waals surface area contributed by atoms with Crippen LogP contribution in [0.3, 0.4) is 0 Å². The van der Waals surface area contributed by atoms with Crippen molar-refractivity contribution in [3.8, 4) is 0 Å². The molecule has 3 N–H and O–H groups in total. The average Bonchev–Trinajstić information content (AvgIpc) is 3.13. The first kappa shape index (κ1) is 12.5. The summed E-state index contributed by atoms with van der Waals surface area (Å²) >= 11 is 0. The molecule has 0 spiro atoms. The third-order valence-corrected chi connectivity index (χ3v) is 5.65. The first-order chi connectivity index (χ1) is 9.75. The van der Waals surface area contributed by atoms with Crippen molar-refractivity contribution < 1.29 is 19.8 Å². The second kappa shape index (κ2) is 4.67. The summed E-state index contributed by atoms with van der Waals surface area (Å²) in [5.41, 5.74) is 0. The highest BCUT2D eigenvalue weighted by Gasteiger charge is 2.59. The number of imide groups is 1. The van der Waals surface area contributed by atoms with Gasteiger partial charge >= 0.3 is 0 Å². The average molecular weight is 277 g/mol. The highest BCUT2D eigenvalue weighted by molar-refractivity contribution is 6.06. The summed E-state index contributed by atoms with van der Waals surface area (Å²) in [6.07, 6.45) is 5.34. The Labute approximate surface area is 119 Å². The van der Waals surface area contributed by atoms with E-state index in [1.165, 1.54) is 4.90 Å². The van der Waals surface area contributed by atoms with Crippen LogP contribution in [0.4, 0.5) is 0 Å². The third-order valence-electron chi connectivity index (χ3n) is 5.65. The summed E-state index contributed by atoms with van der Waals surface area (Å²) in [4.78, 5) is 28.1. The van der Waals surface area contributed by atoms with Crippen molar-refractivity contribution in [2.75, 3.05) is 39.3 Å². The van der Waals surface area contributed by atoms with Crippen LogP contribution in [0.25, 0.3) is 0 Å². The number of piperazine rings is 1. The second-order valence-corrected chi connectivity index (χ2v) is 6.69. The summed E-state index contributed by atoms with van der Waals surface area (Å²) in [6, 6.07) is 0. The molecule has 1 saturated carbocycles. The van der Waals surface area contributed by atoms with Crippen molar-refractivity contribution in [2.24, 2.45) is 23.7 Å². The van der Waals surface area contributed by atoms with Crippen molar-refractivity contribution in [2.45, 2.75) is 6.42 Å². The van der Waals surface area contributed by atoms with Crippen LogP contribution in [-0.2, 0) is 9.59 Å². The molecule has 0 unspecified atom stereocenters. The Bertz CT molecular complexity index is 440. The number of carbonyl (C=O) groups is 2. The molecule has 2 bridgehead atoms. The van der Waals surface area contributed by atoms with E-state index in [4.69, 9.17) is 0 Å². The predicted molar refractivity (Wildman–Crippen MR) is 71.7 cm³/mol. The molecular formula is C15H23N3O2+2. The fraction of sp³-hybridized carbons (Fsp3) is 0.733. The van der Waals surface area contributed by atoms with E-state index in [1.807, 2.05) is 0 Å². The van der Waals surface area contributed by atoms with Gasteiger partial charge in [0.25, 0.3) is 0 Å². The quantitative estimate of drug-likeness (QED) is 0.434. The Morgan fingerprint density at radius 1 is 1.10 bits per heavy atom. The number of carbonyl (C=O) groups excluding carboxylic acids is 2. The van der Waals surface area contributed by atoms with Gasteiger partial charge in [-0.05, 0) is 18.3 Å². The molecule has 0 aromatic carbocycles. The Balaban J connectivity index is 1.42. The van der Waals surface area contributed by atoms with Crippen molar-refractivity contribution >= 4 is 11.8 Å². The number of quaternary nitrogens is 2. The number of hydrogen-bond donors (Lipinski definition) is 2. The van der Waals surface area contributed by atoms with Crippen molar-refractivity contribution in [1.29, 1.82) is 0 Å². The van der Waals surface area contributed by atoms with Gasteiger partial charge in [-0.3, -0.25) is 14.5 Å². The Morgan fingerprint density at radius 3 is 2.30 bits per heavy atom. The number of allylic oxidation sites excluding steroid dienone is 2. The minimum absolute atomic E-state index is 0.0258. The molecular weight excluding hydrogens is 254 g/mol. The minimum atomic E-state index is -0.0258. The summed E-state index contributed by atoms with van der Waals surface area (Å²) in [7, 11) is 0. The minimum Gasteiger partial charge on any atom is -0.337 e. The fourth-order valence-electron chi connectivity index (χ4n) is 4.59. The van der Waals surface area contributed by atoms with Gasteiger partial charge in [-0.15, -0.1) is 0 Å². The largest absolute Gasteiger partial charge is 0.337 e. The van der Waals surface area contributed by atoms with E-state index >= 15 is 0 Å². The molecule has 4 atom stereocenters. The van der Waals surface area contributed by atoms with E-state index in [0.29, 0.717) is 18.4 Å². The van der Waals surface area contributed by atoms with Crippen LogP contribution in [-0.4, -0.2) is 56.0 Å². The molecule has 4 aliphatic rings. The van der Waals surface area contributed by atoms with Crippen LogP contribution >= 0.6 is 0 Å². The summed E-state index contributed by atoms with van der Waals surface area (Å²) < 4.78 is 0. The van der Waals surface area contributed by atoms with Crippen molar-refractivity contribution in [3.63, 3.8) is 0 Å². The van der Waals surface area contributed by atoms with Gasteiger partial charge in [0.1, 0.15) is 26.2 Å². The Kier molecular flexibility index (Phi) is 2.93. The molecule has 3 fully saturated rings. The lowest BCUT2D eigenvalue weighted by Gasteiger charge is -2.24. The van der Waals surface area contributed by atoms with E-state index in [0.717, 1.165) is 39.1 Å². The third kappa shape index (κ3) is 1.76. The molecule has 2 aliphatic carbocycles. The monoisotopic (exact) mass is 277 g/mol. The normalized spacial score (nSPS) is 39.9. The van der Waals surface area contributed by atoms with Crippen LogP contribution < -0.4 is 10.2 Å². The molecule has 2 aliphatic heterocycles. The topological polar surface area (TPSA) is 58.4 Å². The molecule has 2 amide bonds. The van der Waals surface area contributed by atoms with E-state index < -0.39 is 0 Å². The lowest BCUT2D eigenvalue weighted by Crippen LogP contribution is -3.20. The summed E-state index contributed by atoms with van der Waals surface area (Å²) in [6.45, 7) is 6.17. The van der Waals surface area contributed by atoms with Crippen LogP contribution in [0.5, 0.6) is 0 Å². The number of amides is 2. The van der Waals surface area contributed by atoms with Gasteiger partial charge in [0.05, 0.1) is 24.9 Å². The van der Waals surface area contributed by atoms with Gasteiger partial charge in [-0.2, -0.15) is 0 Å². The van der Waals surface area contributed by atoms with Crippen LogP contribution in [0.1, 0.15) is 6.42 Å². The number of rotatable bonds is 3. The molecule has 0 aromatic heterocycles. The maximum Gasteiger partial charge on any atom is 0.233 e. The molecule has 0 aromatic rings. The zero-order chi connectivity index (χ0) is 13.7. The van der Waals surface area contributed by atoms with Crippen molar-refractivity contribution in [1.82, 2.24) is 4.90 Å². The van der Waals surface area contributed by atoms with Crippen molar-refractivity contribution in [3.05, 3.63) is 12.2 Å². The second-order valence-electron chi connectivity index (χ2n) is 6.69. The number of hydrogen-bond acceptors (Lipinski definition) is 2. The van der Waals surface area contributed by atoms with E-state index in [2.05, 4.69) is 17.5 Å². The highest BCUT2D eigenvalue weighted by Crippen LogP contribution is 2.52. The molecule has 5 heteroatoms. The Morgan fingerprint density at radius 2 is 1.70 bits per heavy atom. The van der Waals surface area contributed by atoms with Gasteiger partial charge in [0, 0.05) is 0 Å². The smallest absolute Gasteiger partial charge is 0.233 e. The number of nitrogens with one attached hydrogen (secondary N) is 1. The zero-order valence-corrected chi connectivity index (χ0v) is 11.8. The van der Waals surface area contributed by atoms with E-state index in [-0.39, 0.29) is 23.7 Å². The van der Waals surface area contributed by atoms with Gasteiger partial charge in [-0.1, -0.05) is 12.2 Å². The summed E-state index contributed by atoms with van der Waals surface area (Å²) in [5, 5.41) is 2.34. The van der Waals surface area contributed by atoms with Gasteiger partial charge < -0.3 is 10.2 Å². The lowest BCUT2D eigenvalue weighted by molar-refractivity contribution is -0.946. The number of fused-ring (bicyclic) bond motifs is 5. The SMILES string of the molecule is O=C1[C@@H]2[C@@H](C(=O)N1CC[NH+]1CC[NH2+]CC1)[C@H]1C=C[C@@H]2C1. The molecule has 20 heavy (non-hydrogen) atoms. The maximum atomic E-state index is 12.5. The number of likely N-dealkylation sites (tertiary alicyclic amines) is 1. The van der Waals surface area contributed by atoms with Crippen LogP contribution in [0.15, 0.2) is 12.2 Å². The van der Waals surface area contributed by atoms with Crippen LogP contribution in [0, 0.1) is 23.7 Å². The number of nitrogens with two attached hydrogens (primary N) is 1. The predicted octanol–water partition coefficient (Wildman–Crippen LogP) is -2.74. The Hall–Kier alpha value is -1.20. The fourth-order valence-corrected chi connectivity index (χ4v) is 4.59. The molecule has 2 saturated heterocycles. The highest BCUT2D eigenvalue weighted by atomic mass is 16.2. The summed E-state index contributed by atoms with van der Waals surface area (Å²) in [5.74, 6) is 0.843. The standard InChI is InChI=1S/C15H21N3O2/c19-14-12-10-1-2-11(9-10)13(12)15(20)18(14)8-7-17-5-3-16-4-6-17/h1-2,10-13,16H,3-9H2/p+2/t10-,11+,12-,13-/m0/s1. The molecule has 2 heterocycles. The maximum absolute atomic E-state index is 12.5. The first-order valence-electron chi connectivity index (χ1n) is 7.94. The van der Waals surface area contributed by atoms with Gasteiger partial charge in [-0.25, -0.2) is 0 Å². The molecule has 5 nitrogen and oxygen atoms in total. The van der Waals surface area contributed by atoms with E-state index in [1.54, 1.807) is 4.90 Å². The molecule has 4 rings (SSSR count). The van der Waals surface area contributed by atoms with Gasteiger partial charge in [0.2, 0.25) is 11.8 Å². The van der Waals surface area contributed by atoms with E-state index in [9.17, 15) is 9.59 Å². The molecule has 0 radical (unpaired) electrons. The number of nitrogens with zero attached hydrogens (tertiary/aromatic N) is 1. The zero-order valence-electron chi connectivity index (χ0n) is 11.8. The first-order valence-corrected chi connectivity index (χ1v) is 7.94.